The summed E-state index contributed by atoms with van der Waals surface area (Å²) in [4.78, 5) is 10.1. The topological polar surface area (TPSA) is 80.7 Å². The molecule has 0 amide bonds. The van der Waals surface area contributed by atoms with Crippen molar-refractivity contribution < 1.29 is 22.5 Å². The Morgan fingerprint density at radius 1 is 1.36 bits per heavy atom. The Morgan fingerprint density at radius 3 is 2.50 bits per heavy atom. The van der Waals surface area contributed by atoms with E-state index in [2.05, 4.69) is 4.18 Å². The lowest BCUT2D eigenvalue weighted by atomic mass is 10.3. The van der Waals surface area contributed by atoms with Gasteiger partial charge in [-0.3, -0.25) is 8.98 Å². The Hall–Kier alpha value is -0.620. The molecule has 0 spiro atoms. The van der Waals surface area contributed by atoms with Crippen molar-refractivity contribution in [3.8, 4) is 0 Å². The van der Waals surface area contributed by atoms with Gasteiger partial charge in [0.2, 0.25) is 0 Å². The van der Waals surface area contributed by atoms with Crippen LogP contribution >= 0.6 is 0 Å². The molecule has 5 nitrogen and oxygen atoms in total. The van der Waals surface area contributed by atoms with E-state index >= 15 is 0 Å². The minimum absolute atomic E-state index is 0.0273. The molecule has 0 aliphatic rings. The summed E-state index contributed by atoms with van der Waals surface area (Å²) in [5.41, 5.74) is 0. The van der Waals surface area contributed by atoms with E-state index in [0.29, 0.717) is 6.42 Å². The maximum atomic E-state index is 11.1. The van der Waals surface area contributed by atoms with Gasteiger partial charge in [-0.25, -0.2) is 0 Å². The van der Waals surface area contributed by atoms with E-state index in [1.807, 2.05) is 6.92 Å². The summed E-state index contributed by atoms with van der Waals surface area (Å²) in [6.45, 7) is 1.70. The zero-order chi connectivity index (χ0) is 11.0. The van der Waals surface area contributed by atoms with E-state index in [1.165, 1.54) is 0 Å². The van der Waals surface area contributed by atoms with Crippen molar-refractivity contribution in [2.75, 3.05) is 12.4 Å². The second-order valence-corrected chi connectivity index (χ2v) is 4.69. The minimum Gasteiger partial charge on any atom is -0.481 e. The summed E-state index contributed by atoms with van der Waals surface area (Å²) in [5, 5.41) is 8.25. The summed E-state index contributed by atoms with van der Waals surface area (Å²) in [6, 6.07) is 0. The van der Waals surface area contributed by atoms with Crippen molar-refractivity contribution in [3.63, 3.8) is 0 Å². The predicted molar refractivity (Wildman–Crippen MR) is 51.5 cm³/mol. The number of unbranched alkanes of at least 4 members (excludes halogenated alkanes) is 2. The zero-order valence-corrected chi connectivity index (χ0v) is 9.05. The van der Waals surface area contributed by atoms with E-state index in [1.54, 1.807) is 0 Å². The number of carbonyl (C=O) groups is 1. The minimum atomic E-state index is -3.51. The Labute approximate surface area is 84.2 Å². The van der Waals surface area contributed by atoms with Crippen LogP contribution in [0.25, 0.3) is 0 Å². The normalized spacial score (nSPS) is 11.5. The largest absolute Gasteiger partial charge is 0.481 e. The Morgan fingerprint density at radius 2 is 2.00 bits per heavy atom. The van der Waals surface area contributed by atoms with Crippen molar-refractivity contribution >= 4 is 16.1 Å². The number of carboxylic acids is 1. The van der Waals surface area contributed by atoms with Gasteiger partial charge in [0.25, 0.3) is 10.1 Å². The van der Waals surface area contributed by atoms with Crippen LogP contribution in [0.15, 0.2) is 0 Å². The van der Waals surface area contributed by atoms with Crippen molar-refractivity contribution in [3.05, 3.63) is 0 Å². The number of aliphatic carboxylic acids is 1. The molecule has 0 fully saturated rings. The van der Waals surface area contributed by atoms with Gasteiger partial charge in [0, 0.05) is 0 Å². The highest BCUT2D eigenvalue weighted by Crippen LogP contribution is 2.02. The number of rotatable bonds is 8. The van der Waals surface area contributed by atoms with Crippen molar-refractivity contribution in [2.24, 2.45) is 0 Å². The van der Waals surface area contributed by atoms with Gasteiger partial charge in [0.1, 0.15) is 0 Å². The molecule has 0 aromatic heterocycles. The molecular weight excluding hydrogens is 208 g/mol. The molecule has 84 valence electrons. The first kappa shape index (κ1) is 13.4. The highest BCUT2D eigenvalue weighted by atomic mass is 32.2. The maximum absolute atomic E-state index is 11.1. The molecule has 0 radical (unpaired) electrons. The molecule has 0 aliphatic carbocycles. The van der Waals surface area contributed by atoms with Gasteiger partial charge in [-0.1, -0.05) is 19.8 Å². The van der Waals surface area contributed by atoms with Crippen LogP contribution in [0, 0.1) is 0 Å². The van der Waals surface area contributed by atoms with Gasteiger partial charge in [-0.2, -0.15) is 8.42 Å². The fourth-order valence-corrected chi connectivity index (χ4v) is 1.86. The molecule has 0 saturated carbocycles. The van der Waals surface area contributed by atoms with Crippen molar-refractivity contribution in [1.29, 1.82) is 0 Å². The van der Waals surface area contributed by atoms with Crippen LogP contribution in [0.5, 0.6) is 0 Å². The number of carboxylic acid groups (broad SMARTS) is 1. The molecule has 0 unspecified atom stereocenters. The molecule has 0 aromatic carbocycles. The van der Waals surface area contributed by atoms with Gasteiger partial charge in [-0.05, 0) is 6.42 Å². The van der Waals surface area contributed by atoms with Gasteiger partial charge < -0.3 is 5.11 Å². The Bertz CT molecular complexity index is 257. The van der Waals surface area contributed by atoms with Crippen LogP contribution in [0.2, 0.25) is 0 Å². The van der Waals surface area contributed by atoms with E-state index in [9.17, 15) is 13.2 Å². The van der Waals surface area contributed by atoms with Crippen LogP contribution in [0.1, 0.15) is 32.6 Å². The first-order valence-electron chi connectivity index (χ1n) is 4.57. The van der Waals surface area contributed by atoms with Crippen LogP contribution in [-0.2, 0) is 19.1 Å². The Kier molecular flexibility index (Phi) is 6.48. The van der Waals surface area contributed by atoms with Crippen molar-refractivity contribution in [1.82, 2.24) is 0 Å². The maximum Gasteiger partial charge on any atom is 0.305 e. The lowest BCUT2D eigenvalue weighted by Crippen LogP contribution is -2.13. The quantitative estimate of drug-likeness (QED) is 0.491. The van der Waals surface area contributed by atoms with Gasteiger partial charge >= 0.3 is 5.97 Å². The first-order chi connectivity index (χ1) is 6.48. The average molecular weight is 224 g/mol. The third-order valence-corrected chi connectivity index (χ3v) is 2.89. The van der Waals surface area contributed by atoms with Gasteiger partial charge in [-0.15, -0.1) is 0 Å². The van der Waals surface area contributed by atoms with Crippen molar-refractivity contribution in [2.45, 2.75) is 32.6 Å². The molecule has 0 heterocycles. The molecular formula is C8H16O5S. The summed E-state index contributed by atoms with van der Waals surface area (Å²) in [7, 11) is -3.51. The Balaban J connectivity index is 3.67. The van der Waals surface area contributed by atoms with Crippen LogP contribution in [0.3, 0.4) is 0 Å². The number of hydrogen-bond donors (Lipinski definition) is 1. The van der Waals surface area contributed by atoms with Gasteiger partial charge in [0.05, 0.1) is 18.8 Å². The molecule has 0 rings (SSSR count). The van der Waals surface area contributed by atoms with Crippen LogP contribution in [0.4, 0.5) is 0 Å². The summed E-state index contributed by atoms with van der Waals surface area (Å²) >= 11 is 0. The molecule has 6 heteroatoms. The lowest BCUT2D eigenvalue weighted by Gasteiger charge is -2.03. The predicted octanol–water partition coefficient (Wildman–Crippen LogP) is 0.998. The molecule has 0 aliphatic heterocycles. The van der Waals surface area contributed by atoms with Crippen LogP contribution in [-0.4, -0.2) is 31.9 Å². The van der Waals surface area contributed by atoms with Crippen LogP contribution < -0.4 is 0 Å². The standard InChI is InChI=1S/C8H16O5S/c1-2-3-4-7-14(11,12)13-6-5-8(9)10/h2-7H2,1H3,(H,9,10). The van der Waals surface area contributed by atoms with E-state index < -0.39 is 16.1 Å². The molecule has 1 N–H and O–H groups in total. The fourth-order valence-electron chi connectivity index (χ4n) is 0.844. The third-order valence-electron chi connectivity index (χ3n) is 1.58. The lowest BCUT2D eigenvalue weighted by molar-refractivity contribution is -0.137. The highest BCUT2D eigenvalue weighted by molar-refractivity contribution is 7.86. The summed E-state index contributed by atoms with van der Waals surface area (Å²) in [6.07, 6.45) is 2.05. The molecule has 14 heavy (non-hydrogen) atoms. The first-order valence-corrected chi connectivity index (χ1v) is 6.14. The van der Waals surface area contributed by atoms with E-state index in [4.69, 9.17) is 5.11 Å². The zero-order valence-electron chi connectivity index (χ0n) is 8.23. The molecule has 0 saturated heterocycles. The summed E-state index contributed by atoms with van der Waals surface area (Å²) in [5.74, 6) is -1.09. The molecule has 0 aromatic rings. The smallest absolute Gasteiger partial charge is 0.305 e. The average Bonchev–Trinajstić information content (AvgIpc) is 2.03. The highest BCUT2D eigenvalue weighted by Gasteiger charge is 2.11. The second-order valence-electron chi connectivity index (χ2n) is 2.93. The fraction of sp³-hybridized carbons (Fsp3) is 0.875. The molecule has 0 atom stereocenters. The monoisotopic (exact) mass is 224 g/mol. The molecule has 0 bridgehead atoms. The second kappa shape index (κ2) is 6.78. The number of hydrogen-bond acceptors (Lipinski definition) is 4. The van der Waals surface area contributed by atoms with E-state index in [0.717, 1.165) is 12.8 Å². The third kappa shape index (κ3) is 8.00. The van der Waals surface area contributed by atoms with E-state index in [-0.39, 0.29) is 18.8 Å². The summed E-state index contributed by atoms with van der Waals surface area (Å²) < 4.78 is 26.6. The SMILES string of the molecule is CCCCCS(=O)(=O)OCCC(=O)O. The van der Waals surface area contributed by atoms with Gasteiger partial charge in [0.15, 0.2) is 0 Å².